The Balaban J connectivity index is 1.70. The first kappa shape index (κ1) is 14.1. The molecule has 0 spiro atoms. The second-order valence-electron chi connectivity index (χ2n) is 5.09. The maximum atomic E-state index is 11.9. The zero-order valence-corrected chi connectivity index (χ0v) is 12.3. The van der Waals surface area contributed by atoms with Crippen LogP contribution in [0, 0.1) is 6.92 Å². The molecule has 0 saturated carbocycles. The van der Waals surface area contributed by atoms with Crippen LogP contribution >= 0.6 is 0 Å². The lowest BCUT2D eigenvalue weighted by Crippen LogP contribution is -2.20. The minimum Gasteiger partial charge on any atom is -0.348 e. The van der Waals surface area contributed by atoms with E-state index >= 15 is 0 Å². The largest absolute Gasteiger partial charge is 0.348 e. The summed E-state index contributed by atoms with van der Waals surface area (Å²) in [5, 5.41) is 5.14. The Hall–Kier alpha value is -2.88. The highest BCUT2D eigenvalue weighted by molar-refractivity contribution is 5.96. The topological polar surface area (TPSA) is 57.8 Å². The number of benzene rings is 2. The van der Waals surface area contributed by atoms with Crippen molar-refractivity contribution in [2.24, 2.45) is 0 Å². The number of nitrogens with one attached hydrogen (secondary N) is 2. The Bertz CT molecular complexity index is 828. The summed E-state index contributed by atoms with van der Waals surface area (Å²) < 4.78 is 0. The molecule has 110 valence electrons. The van der Waals surface area contributed by atoms with E-state index in [1.54, 1.807) is 12.4 Å². The van der Waals surface area contributed by atoms with Crippen LogP contribution in [-0.4, -0.2) is 15.9 Å². The Morgan fingerprint density at radius 2 is 2.05 bits per heavy atom. The normalized spacial score (nSPS) is 11.1. The van der Waals surface area contributed by atoms with Gasteiger partial charge in [0.1, 0.15) is 0 Å². The predicted octanol–water partition coefficient (Wildman–Crippen LogP) is 3.20. The SMILES string of the molecule is Cc1[nH]cnc1CNC(=O)/C=C\c1cccc2ccccc12. The number of aromatic nitrogens is 2. The van der Waals surface area contributed by atoms with Crippen molar-refractivity contribution in [2.45, 2.75) is 13.5 Å². The standard InChI is InChI=1S/C18H17N3O/c1-13-17(21-12-20-13)11-19-18(22)10-9-15-7-4-6-14-5-2-3-8-16(14)15/h2-10,12H,11H2,1H3,(H,19,22)(H,20,21)/b10-9-. The number of carbonyl (C=O) groups is 1. The number of rotatable bonds is 4. The Morgan fingerprint density at radius 3 is 2.86 bits per heavy atom. The Kier molecular flexibility index (Phi) is 4.01. The highest BCUT2D eigenvalue weighted by Gasteiger charge is 2.02. The van der Waals surface area contributed by atoms with Gasteiger partial charge >= 0.3 is 0 Å². The summed E-state index contributed by atoms with van der Waals surface area (Å²) in [6.07, 6.45) is 5.03. The van der Waals surface area contributed by atoms with Crippen molar-refractivity contribution < 1.29 is 4.79 Å². The fourth-order valence-corrected chi connectivity index (χ4v) is 2.36. The summed E-state index contributed by atoms with van der Waals surface area (Å²) >= 11 is 0. The van der Waals surface area contributed by atoms with Crippen LogP contribution in [0.2, 0.25) is 0 Å². The first-order valence-electron chi connectivity index (χ1n) is 7.16. The van der Waals surface area contributed by atoms with Crippen molar-refractivity contribution in [1.82, 2.24) is 15.3 Å². The molecule has 0 aliphatic heterocycles. The summed E-state index contributed by atoms with van der Waals surface area (Å²) in [7, 11) is 0. The average Bonchev–Trinajstić information content (AvgIpc) is 2.96. The molecule has 3 aromatic rings. The number of nitrogens with zero attached hydrogens (tertiary/aromatic N) is 1. The fraction of sp³-hybridized carbons (Fsp3) is 0.111. The van der Waals surface area contributed by atoms with Gasteiger partial charge in [-0.1, -0.05) is 42.5 Å². The van der Waals surface area contributed by atoms with E-state index in [9.17, 15) is 4.79 Å². The number of fused-ring (bicyclic) bond motifs is 1. The molecule has 0 aliphatic rings. The number of imidazole rings is 1. The van der Waals surface area contributed by atoms with E-state index in [0.29, 0.717) is 6.54 Å². The highest BCUT2D eigenvalue weighted by Crippen LogP contribution is 2.19. The third kappa shape index (κ3) is 3.06. The number of hydrogen-bond acceptors (Lipinski definition) is 2. The molecule has 0 aliphatic carbocycles. The second-order valence-corrected chi connectivity index (χ2v) is 5.09. The zero-order chi connectivity index (χ0) is 15.4. The number of aromatic amines is 1. The van der Waals surface area contributed by atoms with Crippen LogP contribution in [0.25, 0.3) is 16.8 Å². The minimum absolute atomic E-state index is 0.129. The molecule has 4 nitrogen and oxygen atoms in total. The Morgan fingerprint density at radius 1 is 1.23 bits per heavy atom. The van der Waals surface area contributed by atoms with Gasteiger partial charge in [-0.2, -0.15) is 0 Å². The molecule has 1 amide bonds. The van der Waals surface area contributed by atoms with Gasteiger partial charge in [-0.25, -0.2) is 4.98 Å². The van der Waals surface area contributed by atoms with Gasteiger partial charge in [-0.05, 0) is 29.3 Å². The first-order chi connectivity index (χ1) is 10.7. The van der Waals surface area contributed by atoms with E-state index < -0.39 is 0 Å². The van der Waals surface area contributed by atoms with E-state index in [-0.39, 0.29) is 5.91 Å². The quantitative estimate of drug-likeness (QED) is 0.725. The van der Waals surface area contributed by atoms with Crippen molar-refractivity contribution in [3.8, 4) is 0 Å². The molecule has 0 atom stereocenters. The number of hydrogen-bond donors (Lipinski definition) is 2. The second kappa shape index (κ2) is 6.26. The van der Waals surface area contributed by atoms with Crippen molar-refractivity contribution in [3.05, 3.63) is 71.8 Å². The van der Waals surface area contributed by atoms with Crippen molar-refractivity contribution >= 4 is 22.8 Å². The average molecular weight is 291 g/mol. The molecule has 4 heteroatoms. The molecular weight excluding hydrogens is 274 g/mol. The van der Waals surface area contributed by atoms with Gasteiger partial charge in [0.2, 0.25) is 5.91 Å². The monoisotopic (exact) mass is 291 g/mol. The van der Waals surface area contributed by atoms with Gasteiger partial charge in [0.15, 0.2) is 0 Å². The summed E-state index contributed by atoms with van der Waals surface area (Å²) in [4.78, 5) is 19.1. The van der Waals surface area contributed by atoms with Gasteiger partial charge in [0.05, 0.1) is 18.6 Å². The van der Waals surface area contributed by atoms with Gasteiger partial charge in [-0.15, -0.1) is 0 Å². The summed E-state index contributed by atoms with van der Waals surface area (Å²) in [5.74, 6) is -0.129. The van der Waals surface area contributed by atoms with Gasteiger partial charge in [0.25, 0.3) is 0 Å². The maximum absolute atomic E-state index is 11.9. The molecule has 3 rings (SSSR count). The van der Waals surface area contributed by atoms with Crippen molar-refractivity contribution in [3.63, 3.8) is 0 Å². The number of aryl methyl sites for hydroxylation is 1. The van der Waals surface area contributed by atoms with Crippen LogP contribution in [0.15, 0.2) is 54.9 Å². The summed E-state index contributed by atoms with van der Waals surface area (Å²) in [5.41, 5.74) is 2.86. The van der Waals surface area contributed by atoms with Crippen LogP contribution in [-0.2, 0) is 11.3 Å². The molecule has 0 bridgehead atoms. The molecule has 0 unspecified atom stereocenters. The van der Waals surface area contributed by atoms with Crippen LogP contribution in [0.4, 0.5) is 0 Å². The van der Waals surface area contributed by atoms with E-state index in [1.807, 2.05) is 37.3 Å². The smallest absolute Gasteiger partial charge is 0.244 e. The lowest BCUT2D eigenvalue weighted by molar-refractivity contribution is -0.116. The molecule has 0 radical (unpaired) electrons. The molecule has 0 saturated heterocycles. The van der Waals surface area contributed by atoms with Crippen LogP contribution in [0.5, 0.6) is 0 Å². The third-order valence-corrected chi connectivity index (χ3v) is 3.60. The van der Waals surface area contributed by atoms with E-state index in [4.69, 9.17) is 0 Å². The highest BCUT2D eigenvalue weighted by atomic mass is 16.1. The minimum atomic E-state index is -0.129. The number of amides is 1. The van der Waals surface area contributed by atoms with Gasteiger partial charge in [-0.3, -0.25) is 4.79 Å². The maximum Gasteiger partial charge on any atom is 0.244 e. The molecule has 1 aromatic heterocycles. The summed E-state index contributed by atoms with van der Waals surface area (Å²) in [6.45, 7) is 2.36. The lowest BCUT2D eigenvalue weighted by atomic mass is 10.0. The molecule has 22 heavy (non-hydrogen) atoms. The number of carbonyl (C=O) groups excluding carboxylic acids is 1. The third-order valence-electron chi connectivity index (χ3n) is 3.60. The molecule has 1 heterocycles. The Labute approximate surface area is 128 Å². The zero-order valence-electron chi connectivity index (χ0n) is 12.3. The van der Waals surface area contributed by atoms with Gasteiger partial charge < -0.3 is 10.3 Å². The lowest BCUT2D eigenvalue weighted by Gasteiger charge is -2.02. The van der Waals surface area contributed by atoms with Crippen LogP contribution in [0.1, 0.15) is 17.0 Å². The predicted molar refractivity (Wildman–Crippen MR) is 88.2 cm³/mol. The van der Waals surface area contributed by atoms with Crippen LogP contribution in [0.3, 0.4) is 0 Å². The molecule has 2 aromatic carbocycles. The first-order valence-corrected chi connectivity index (χ1v) is 7.16. The van der Waals surface area contributed by atoms with Gasteiger partial charge in [0, 0.05) is 11.8 Å². The fourth-order valence-electron chi connectivity index (χ4n) is 2.36. The number of H-pyrrole nitrogens is 1. The van der Waals surface area contributed by atoms with Crippen molar-refractivity contribution in [1.29, 1.82) is 0 Å². The summed E-state index contributed by atoms with van der Waals surface area (Å²) in [6, 6.07) is 14.2. The van der Waals surface area contributed by atoms with Crippen molar-refractivity contribution in [2.75, 3.05) is 0 Å². The molecular formula is C18H17N3O. The molecule has 2 N–H and O–H groups in total. The molecule has 0 fully saturated rings. The van der Waals surface area contributed by atoms with E-state index in [1.165, 1.54) is 0 Å². The van der Waals surface area contributed by atoms with E-state index in [2.05, 4.69) is 33.5 Å². The van der Waals surface area contributed by atoms with E-state index in [0.717, 1.165) is 27.7 Å². The van der Waals surface area contributed by atoms with Crippen LogP contribution < -0.4 is 5.32 Å².